The summed E-state index contributed by atoms with van der Waals surface area (Å²) in [5.41, 5.74) is -1.33. The van der Waals surface area contributed by atoms with Crippen LogP contribution in [-0.2, 0) is 11.0 Å². The van der Waals surface area contributed by atoms with Gasteiger partial charge in [0.25, 0.3) is 0 Å². The monoisotopic (exact) mass is 267 g/mol. The van der Waals surface area contributed by atoms with Crippen molar-refractivity contribution in [3.8, 4) is 0 Å². The molecule has 1 atom stereocenters. The molecule has 0 radical (unpaired) electrons. The van der Waals surface area contributed by atoms with Gasteiger partial charge in [0, 0.05) is 19.1 Å². The number of hydrogen-bond donors (Lipinski definition) is 1. The highest BCUT2D eigenvalue weighted by Crippen LogP contribution is 2.37. The molecular weight excluding hydrogens is 248 g/mol. The SMILES string of the molecule is CC(C)(C)[S@](=O)N=CC1(O)CCC(F)(F)CC1. The predicted octanol–water partition coefficient (Wildman–Crippen LogP) is 2.46. The Bertz CT molecular complexity index is 327. The Morgan fingerprint density at radius 3 is 2.12 bits per heavy atom. The molecule has 0 bridgehead atoms. The lowest BCUT2D eigenvalue weighted by Gasteiger charge is -2.32. The van der Waals surface area contributed by atoms with E-state index in [1.165, 1.54) is 6.21 Å². The van der Waals surface area contributed by atoms with Crippen LogP contribution in [0.1, 0.15) is 46.5 Å². The van der Waals surface area contributed by atoms with Gasteiger partial charge in [0.1, 0.15) is 16.6 Å². The maximum atomic E-state index is 12.9. The van der Waals surface area contributed by atoms with Crippen molar-refractivity contribution in [3.63, 3.8) is 0 Å². The van der Waals surface area contributed by atoms with Crippen molar-refractivity contribution < 1.29 is 18.1 Å². The average Bonchev–Trinajstić information content (AvgIpc) is 2.19. The van der Waals surface area contributed by atoms with E-state index in [1.54, 1.807) is 20.8 Å². The van der Waals surface area contributed by atoms with Gasteiger partial charge in [0.05, 0.1) is 4.75 Å². The molecule has 0 aromatic heterocycles. The maximum Gasteiger partial charge on any atom is 0.248 e. The first-order valence-corrected chi connectivity index (χ1v) is 6.72. The highest BCUT2D eigenvalue weighted by molar-refractivity contribution is 7.85. The first kappa shape index (κ1) is 14.7. The van der Waals surface area contributed by atoms with Crippen molar-refractivity contribution in [2.75, 3.05) is 0 Å². The van der Waals surface area contributed by atoms with E-state index < -0.39 is 27.3 Å². The molecule has 1 aliphatic carbocycles. The van der Waals surface area contributed by atoms with Crippen LogP contribution < -0.4 is 0 Å². The minimum atomic E-state index is -2.69. The number of alkyl halides is 2. The number of hydrogen-bond acceptors (Lipinski definition) is 2. The molecule has 0 aromatic carbocycles. The average molecular weight is 267 g/mol. The van der Waals surface area contributed by atoms with E-state index in [2.05, 4.69) is 4.40 Å². The van der Waals surface area contributed by atoms with Gasteiger partial charge in [-0.3, -0.25) is 0 Å². The molecule has 0 heterocycles. The molecule has 0 aromatic rings. The summed E-state index contributed by atoms with van der Waals surface area (Å²) < 4.78 is 40.8. The van der Waals surface area contributed by atoms with Gasteiger partial charge in [0.2, 0.25) is 5.92 Å². The van der Waals surface area contributed by atoms with Gasteiger partial charge in [-0.1, -0.05) is 0 Å². The molecule has 17 heavy (non-hydrogen) atoms. The summed E-state index contributed by atoms with van der Waals surface area (Å²) in [6.07, 6.45) is 0.411. The van der Waals surface area contributed by atoms with Gasteiger partial charge in [-0.05, 0) is 33.6 Å². The number of nitrogens with zero attached hydrogens (tertiary/aromatic N) is 1. The van der Waals surface area contributed by atoms with E-state index in [0.717, 1.165) is 0 Å². The van der Waals surface area contributed by atoms with Crippen LogP contribution in [0, 0.1) is 0 Å². The van der Waals surface area contributed by atoms with Crippen molar-refractivity contribution in [1.82, 2.24) is 0 Å². The zero-order chi connectivity index (χ0) is 13.3. The molecule has 0 unspecified atom stereocenters. The molecule has 1 aliphatic rings. The lowest BCUT2D eigenvalue weighted by molar-refractivity contribution is -0.0776. The molecule has 0 aliphatic heterocycles. The molecule has 1 fully saturated rings. The zero-order valence-electron chi connectivity index (χ0n) is 10.4. The molecule has 1 rings (SSSR count). The molecule has 6 heteroatoms. The number of halogens is 2. The summed E-state index contributed by atoms with van der Waals surface area (Å²) in [4.78, 5) is 0. The summed E-state index contributed by atoms with van der Waals surface area (Å²) >= 11 is 0. The first-order valence-electron chi connectivity index (χ1n) is 5.62. The van der Waals surface area contributed by atoms with Crippen molar-refractivity contribution in [1.29, 1.82) is 0 Å². The summed E-state index contributed by atoms with van der Waals surface area (Å²) in [5.74, 6) is -2.69. The first-order chi connectivity index (χ1) is 7.54. The summed E-state index contributed by atoms with van der Waals surface area (Å²) in [7, 11) is -1.46. The van der Waals surface area contributed by atoms with Crippen LogP contribution in [0.2, 0.25) is 0 Å². The van der Waals surface area contributed by atoms with Crippen LogP contribution in [0.25, 0.3) is 0 Å². The Balaban J connectivity index is 2.63. The fourth-order valence-electron chi connectivity index (χ4n) is 1.48. The third-order valence-electron chi connectivity index (χ3n) is 2.76. The van der Waals surface area contributed by atoms with Gasteiger partial charge >= 0.3 is 0 Å². The van der Waals surface area contributed by atoms with Crippen LogP contribution >= 0.6 is 0 Å². The fraction of sp³-hybridized carbons (Fsp3) is 0.909. The lowest BCUT2D eigenvalue weighted by atomic mass is 9.84. The normalized spacial score (nSPS) is 26.0. The summed E-state index contributed by atoms with van der Waals surface area (Å²) in [6.45, 7) is 5.29. The Kier molecular flexibility index (Phi) is 4.08. The van der Waals surface area contributed by atoms with Crippen LogP contribution in [-0.4, -0.2) is 31.8 Å². The van der Waals surface area contributed by atoms with Crippen LogP contribution in [0.5, 0.6) is 0 Å². The van der Waals surface area contributed by atoms with Crippen LogP contribution in [0.3, 0.4) is 0 Å². The Morgan fingerprint density at radius 2 is 1.71 bits per heavy atom. The zero-order valence-corrected chi connectivity index (χ0v) is 11.2. The molecule has 100 valence electrons. The van der Waals surface area contributed by atoms with E-state index in [9.17, 15) is 18.1 Å². The second-order valence-electron chi connectivity index (χ2n) is 5.56. The maximum absolute atomic E-state index is 12.9. The number of aliphatic hydroxyl groups is 1. The summed E-state index contributed by atoms with van der Waals surface area (Å²) in [5, 5.41) is 10.0. The Hall–Kier alpha value is -0.360. The third kappa shape index (κ3) is 4.43. The molecule has 3 nitrogen and oxygen atoms in total. The molecular formula is C11H19F2NO2S. The third-order valence-corrected chi connectivity index (χ3v) is 4.10. The standard InChI is InChI=1S/C11H19F2NO2S/c1-9(2,3)17(16)14-8-10(15)4-6-11(12,13)7-5-10/h8,15H,4-7H2,1-3H3/t17-/m0/s1. The minimum absolute atomic E-state index is 0.0369. The molecule has 0 amide bonds. The van der Waals surface area contributed by atoms with Crippen LogP contribution in [0.15, 0.2) is 4.40 Å². The van der Waals surface area contributed by atoms with Gasteiger partial charge in [0.15, 0.2) is 0 Å². The molecule has 0 spiro atoms. The number of rotatable bonds is 2. The van der Waals surface area contributed by atoms with Crippen molar-refractivity contribution in [3.05, 3.63) is 0 Å². The van der Waals surface area contributed by atoms with Crippen molar-refractivity contribution in [2.45, 2.75) is 62.7 Å². The van der Waals surface area contributed by atoms with E-state index in [0.29, 0.717) is 0 Å². The predicted molar refractivity (Wildman–Crippen MR) is 64.8 cm³/mol. The van der Waals surface area contributed by atoms with Gasteiger partial charge in [-0.25, -0.2) is 13.0 Å². The topological polar surface area (TPSA) is 49.7 Å². The summed E-state index contributed by atoms with van der Waals surface area (Å²) in [6, 6.07) is 0. The largest absolute Gasteiger partial charge is 0.384 e. The van der Waals surface area contributed by atoms with Gasteiger partial charge < -0.3 is 5.11 Å². The lowest BCUT2D eigenvalue weighted by Crippen LogP contribution is -2.40. The highest BCUT2D eigenvalue weighted by Gasteiger charge is 2.41. The van der Waals surface area contributed by atoms with Crippen molar-refractivity contribution in [2.24, 2.45) is 4.40 Å². The second-order valence-corrected chi connectivity index (χ2v) is 7.49. The quantitative estimate of drug-likeness (QED) is 0.781. The van der Waals surface area contributed by atoms with Crippen LogP contribution in [0.4, 0.5) is 8.78 Å². The van der Waals surface area contributed by atoms with E-state index in [4.69, 9.17) is 0 Å². The molecule has 1 N–H and O–H groups in total. The van der Waals surface area contributed by atoms with Crippen molar-refractivity contribution >= 4 is 17.2 Å². The highest BCUT2D eigenvalue weighted by atomic mass is 32.2. The Morgan fingerprint density at radius 1 is 1.24 bits per heavy atom. The fourth-order valence-corrected chi connectivity index (χ4v) is 2.09. The van der Waals surface area contributed by atoms with E-state index >= 15 is 0 Å². The molecule has 0 saturated heterocycles. The Labute approximate surface area is 103 Å². The van der Waals surface area contributed by atoms with E-state index in [1.807, 2.05) is 0 Å². The van der Waals surface area contributed by atoms with E-state index in [-0.39, 0.29) is 25.7 Å². The van der Waals surface area contributed by atoms with Gasteiger partial charge in [-0.2, -0.15) is 4.40 Å². The minimum Gasteiger partial charge on any atom is -0.384 e. The smallest absolute Gasteiger partial charge is 0.248 e. The second kappa shape index (κ2) is 4.72. The van der Waals surface area contributed by atoms with Gasteiger partial charge in [-0.15, -0.1) is 0 Å². The molecule has 1 saturated carbocycles.